The molecule has 0 aliphatic rings. The molecule has 0 amide bonds. The highest BCUT2D eigenvalue weighted by molar-refractivity contribution is 5.29. The molecule has 0 heterocycles. The van der Waals surface area contributed by atoms with Crippen LogP contribution in [-0.2, 0) is 12.8 Å². The van der Waals surface area contributed by atoms with Crippen molar-refractivity contribution in [3.63, 3.8) is 0 Å². The van der Waals surface area contributed by atoms with Crippen LogP contribution in [-0.4, -0.2) is 19.7 Å². The van der Waals surface area contributed by atoms with Crippen LogP contribution in [0.4, 0.5) is 4.39 Å². The fourth-order valence-corrected chi connectivity index (χ4v) is 2.52. The predicted octanol–water partition coefficient (Wildman–Crippen LogP) is 3.60. The van der Waals surface area contributed by atoms with Crippen LogP contribution in [0.1, 0.15) is 18.1 Å². The van der Waals surface area contributed by atoms with Gasteiger partial charge in [0, 0.05) is 6.04 Å². The molecule has 0 bridgehead atoms. The molecule has 0 spiro atoms. The van der Waals surface area contributed by atoms with Gasteiger partial charge in [-0.1, -0.05) is 37.3 Å². The molecular weight excluding hydrogens is 265 g/mol. The molecule has 112 valence electrons. The number of likely N-dealkylation sites (N-methyl/N-ethyl adjacent to an activating group) is 1. The van der Waals surface area contributed by atoms with E-state index in [2.05, 4.69) is 18.3 Å². The van der Waals surface area contributed by atoms with E-state index in [9.17, 15) is 4.39 Å². The lowest BCUT2D eigenvalue weighted by atomic mass is 9.98. The minimum absolute atomic E-state index is 0.133. The van der Waals surface area contributed by atoms with Crippen molar-refractivity contribution in [2.45, 2.75) is 25.8 Å². The monoisotopic (exact) mass is 287 g/mol. The summed E-state index contributed by atoms with van der Waals surface area (Å²) in [6.45, 7) is 2.93. The number of hydrogen-bond donors (Lipinski definition) is 1. The number of benzene rings is 2. The van der Waals surface area contributed by atoms with Gasteiger partial charge in [0.25, 0.3) is 0 Å². The maximum absolute atomic E-state index is 13.8. The normalized spacial score (nSPS) is 12.1. The Kier molecular flexibility index (Phi) is 5.76. The summed E-state index contributed by atoms with van der Waals surface area (Å²) in [7, 11) is 1.67. The maximum Gasteiger partial charge on any atom is 0.126 e. The number of nitrogens with one attached hydrogen (secondary N) is 1. The Morgan fingerprint density at radius 2 is 1.90 bits per heavy atom. The molecule has 0 fully saturated rings. The second-order valence-corrected chi connectivity index (χ2v) is 5.11. The van der Waals surface area contributed by atoms with Crippen molar-refractivity contribution < 1.29 is 9.13 Å². The van der Waals surface area contributed by atoms with Gasteiger partial charge in [0.15, 0.2) is 0 Å². The van der Waals surface area contributed by atoms with Crippen molar-refractivity contribution in [3.8, 4) is 5.75 Å². The molecule has 0 aliphatic heterocycles. The van der Waals surface area contributed by atoms with E-state index in [0.717, 1.165) is 24.3 Å². The third kappa shape index (κ3) is 4.57. The Hall–Kier alpha value is -1.87. The molecule has 1 atom stereocenters. The molecule has 21 heavy (non-hydrogen) atoms. The zero-order valence-electron chi connectivity index (χ0n) is 12.6. The quantitative estimate of drug-likeness (QED) is 0.840. The van der Waals surface area contributed by atoms with Crippen molar-refractivity contribution >= 4 is 0 Å². The first kappa shape index (κ1) is 15.5. The second-order valence-electron chi connectivity index (χ2n) is 5.11. The summed E-state index contributed by atoms with van der Waals surface area (Å²) in [6.07, 6.45) is 1.52. The average molecular weight is 287 g/mol. The fourth-order valence-electron chi connectivity index (χ4n) is 2.52. The number of rotatable bonds is 7. The Morgan fingerprint density at radius 1 is 1.10 bits per heavy atom. The summed E-state index contributed by atoms with van der Waals surface area (Å²) in [5.74, 6) is 0.722. The molecule has 2 nitrogen and oxygen atoms in total. The molecule has 1 unspecified atom stereocenters. The summed E-state index contributed by atoms with van der Waals surface area (Å²) >= 11 is 0. The van der Waals surface area contributed by atoms with E-state index in [4.69, 9.17) is 4.74 Å². The lowest BCUT2D eigenvalue weighted by Crippen LogP contribution is -2.33. The number of hydrogen-bond acceptors (Lipinski definition) is 2. The number of halogens is 1. The number of ether oxygens (including phenoxy) is 1. The summed E-state index contributed by atoms with van der Waals surface area (Å²) < 4.78 is 19.1. The first-order valence-corrected chi connectivity index (χ1v) is 7.32. The molecule has 0 aliphatic carbocycles. The van der Waals surface area contributed by atoms with E-state index in [1.54, 1.807) is 13.2 Å². The SMILES string of the molecule is CCNC(Cc1cccc(OC)c1)Cc1ccccc1F. The maximum atomic E-state index is 13.8. The summed E-state index contributed by atoms with van der Waals surface area (Å²) in [5, 5.41) is 3.44. The topological polar surface area (TPSA) is 21.3 Å². The highest BCUT2D eigenvalue weighted by Gasteiger charge is 2.12. The molecule has 2 aromatic carbocycles. The zero-order chi connectivity index (χ0) is 15.1. The molecule has 0 saturated carbocycles. The minimum atomic E-state index is -0.133. The van der Waals surface area contributed by atoms with E-state index < -0.39 is 0 Å². The summed E-state index contributed by atoms with van der Waals surface area (Å²) in [6, 6.07) is 15.2. The zero-order valence-corrected chi connectivity index (χ0v) is 12.6. The Balaban J connectivity index is 2.10. The van der Waals surface area contributed by atoms with E-state index >= 15 is 0 Å². The van der Waals surface area contributed by atoms with Gasteiger partial charge >= 0.3 is 0 Å². The third-order valence-electron chi connectivity index (χ3n) is 3.53. The smallest absolute Gasteiger partial charge is 0.126 e. The fraction of sp³-hybridized carbons (Fsp3) is 0.333. The van der Waals surface area contributed by atoms with Crippen molar-refractivity contribution in [1.29, 1.82) is 0 Å². The van der Waals surface area contributed by atoms with Crippen LogP contribution >= 0.6 is 0 Å². The van der Waals surface area contributed by atoms with Gasteiger partial charge < -0.3 is 10.1 Å². The van der Waals surface area contributed by atoms with Crippen LogP contribution in [0.3, 0.4) is 0 Å². The Labute approximate surface area is 126 Å². The van der Waals surface area contributed by atoms with Gasteiger partial charge in [-0.3, -0.25) is 0 Å². The van der Waals surface area contributed by atoms with Crippen LogP contribution in [0.15, 0.2) is 48.5 Å². The average Bonchev–Trinajstić information content (AvgIpc) is 2.50. The van der Waals surface area contributed by atoms with Crippen LogP contribution in [0.5, 0.6) is 5.75 Å². The van der Waals surface area contributed by atoms with E-state index in [1.807, 2.05) is 30.3 Å². The number of methoxy groups -OCH3 is 1. The van der Waals surface area contributed by atoms with Gasteiger partial charge in [-0.15, -0.1) is 0 Å². The first-order chi connectivity index (χ1) is 10.2. The van der Waals surface area contributed by atoms with Gasteiger partial charge in [-0.25, -0.2) is 4.39 Å². The highest BCUT2D eigenvalue weighted by atomic mass is 19.1. The van der Waals surface area contributed by atoms with E-state index in [0.29, 0.717) is 6.42 Å². The van der Waals surface area contributed by atoms with Gasteiger partial charge in [0.05, 0.1) is 7.11 Å². The lowest BCUT2D eigenvalue weighted by molar-refractivity contribution is 0.413. The van der Waals surface area contributed by atoms with Gasteiger partial charge in [0.1, 0.15) is 11.6 Å². The summed E-state index contributed by atoms with van der Waals surface area (Å²) in [5.41, 5.74) is 1.95. The van der Waals surface area contributed by atoms with Gasteiger partial charge in [0.2, 0.25) is 0 Å². The van der Waals surface area contributed by atoms with Crippen LogP contribution in [0.2, 0.25) is 0 Å². The molecule has 0 saturated heterocycles. The van der Waals surface area contributed by atoms with Crippen molar-refractivity contribution in [2.75, 3.05) is 13.7 Å². The predicted molar refractivity (Wildman–Crippen MR) is 84.3 cm³/mol. The van der Waals surface area contributed by atoms with E-state index in [-0.39, 0.29) is 11.9 Å². The van der Waals surface area contributed by atoms with Crippen LogP contribution < -0.4 is 10.1 Å². The largest absolute Gasteiger partial charge is 0.497 e. The molecule has 0 aromatic heterocycles. The molecule has 1 N–H and O–H groups in total. The van der Waals surface area contributed by atoms with Crippen molar-refractivity contribution in [3.05, 3.63) is 65.5 Å². The second kappa shape index (κ2) is 7.79. The van der Waals surface area contributed by atoms with Crippen molar-refractivity contribution in [1.82, 2.24) is 5.32 Å². The molecule has 0 radical (unpaired) electrons. The van der Waals surface area contributed by atoms with Gasteiger partial charge in [-0.05, 0) is 48.7 Å². The molecule has 2 rings (SSSR count). The molecular formula is C18H22FNO. The van der Waals surface area contributed by atoms with Crippen molar-refractivity contribution in [2.24, 2.45) is 0 Å². The van der Waals surface area contributed by atoms with Crippen LogP contribution in [0, 0.1) is 5.82 Å². The Bertz CT molecular complexity index is 571. The highest BCUT2D eigenvalue weighted by Crippen LogP contribution is 2.16. The first-order valence-electron chi connectivity index (χ1n) is 7.32. The summed E-state index contributed by atoms with van der Waals surface area (Å²) in [4.78, 5) is 0. The van der Waals surface area contributed by atoms with E-state index in [1.165, 1.54) is 11.6 Å². The Morgan fingerprint density at radius 3 is 2.62 bits per heavy atom. The third-order valence-corrected chi connectivity index (χ3v) is 3.53. The molecule has 3 heteroatoms. The molecule has 2 aromatic rings. The minimum Gasteiger partial charge on any atom is -0.497 e. The van der Waals surface area contributed by atoms with Crippen LogP contribution in [0.25, 0.3) is 0 Å². The standard InChI is InChI=1S/C18H22FNO/c1-3-20-16(13-15-8-4-5-10-18(15)19)11-14-7-6-9-17(12-14)21-2/h4-10,12,16,20H,3,11,13H2,1-2H3. The lowest BCUT2D eigenvalue weighted by Gasteiger charge is -2.19. The van der Waals surface area contributed by atoms with Gasteiger partial charge in [-0.2, -0.15) is 0 Å².